The standard InChI is InChI=1S/C22H20ClFN2O4/c1-28-18-9-13(10-19(29-2)21(18)30-3)12-26-22(27)15-7-6-14(11-17(15)24)20-16(23)5-4-8-25-20/h4-11H,12H2,1-3H3,(H,26,27). The minimum atomic E-state index is -0.670. The quantitative estimate of drug-likeness (QED) is 0.597. The van der Waals surface area contributed by atoms with E-state index in [2.05, 4.69) is 10.3 Å². The Bertz CT molecular complexity index is 1050. The number of carbonyl (C=O) groups is 1. The molecule has 0 saturated carbocycles. The van der Waals surface area contributed by atoms with Gasteiger partial charge in [-0.2, -0.15) is 0 Å². The van der Waals surface area contributed by atoms with E-state index >= 15 is 0 Å². The van der Waals surface area contributed by atoms with Gasteiger partial charge in [-0.25, -0.2) is 4.39 Å². The zero-order chi connectivity index (χ0) is 21.7. The van der Waals surface area contributed by atoms with Crippen molar-refractivity contribution in [2.24, 2.45) is 0 Å². The second-order valence-corrected chi connectivity index (χ2v) is 6.65. The lowest BCUT2D eigenvalue weighted by atomic mass is 10.1. The summed E-state index contributed by atoms with van der Waals surface area (Å²) in [6.45, 7) is 0.142. The summed E-state index contributed by atoms with van der Waals surface area (Å²) in [5.41, 5.74) is 1.55. The predicted molar refractivity (Wildman–Crippen MR) is 112 cm³/mol. The number of methoxy groups -OCH3 is 3. The molecule has 0 atom stereocenters. The van der Waals surface area contributed by atoms with Crippen molar-refractivity contribution >= 4 is 17.5 Å². The number of nitrogens with one attached hydrogen (secondary N) is 1. The average molecular weight is 431 g/mol. The number of pyridine rings is 1. The molecule has 1 heterocycles. The van der Waals surface area contributed by atoms with Crippen LogP contribution in [0.15, 0.2) is 48.7 Å². The second-order valence-electron chi connectivity index (χ2n) is 6.24. The number of nitrogens with zero attached hydrogens (tertiary/aromatic N) is 1. The molecule has 3 rings (SSSR count). The molecular formula is C22H20ClFN2O4. The Morgan fingerprint density at radius 3 is 2.33 bits per heavy atom. The van der Waals surface area contributed by atoms with Crippen molar-refractivity contribution in [1.82, 2.24) is 10.3 Å². The van der Waals surface area contributed by atoms with Crippen LogP contribution in [-0.4, -0.2) is 32.2 Å². The van der Waals surface area contributed by atoms with Gasteiger partial charge in [-0.15, -0.1) is 0 Å². The molecular weight excluding hydrogens is 411 g/mol. The van der Waals surface area contributed by atoms with E-state index in [-0.39, 0.29) is 12.1 Å². The van der Waals surface area contributed by atoms with Crippen molar-refractivity contribution in [2.45, 2.75) is 6.54 Å². The number of ether oxygens (including phenoxy) is 3. The fourth-order valence-electron chi connectivity index (χ4n) is 2.96. The number of amides is 1. The first-order valence-electron chi connectivity index (χ1n) is 8.96. The van der Waals surface area contributed by atoms with Gasteiger partial charge in [0.05, 0.1) is 37.6 Å². The molecule has 0 saturated heterocycles. The van der Waals surface area contributed by atoms with Gasteiger partial charge in [0.1, 0.15) is 5.82 Å². The van der Waals surface area contributed by atoms with Crippen LogP contribution < -0.4 is 19.5 Å². The fraction of sp³-hybridized carbons (Fsp3) is 0.182. The largest absolute Gasteiger partial charge is 0.493 e. The van der Waals surface area contributed by atoms with Crippen molar-refractivity contribution in [3.8, 4) is 28.5 Å². The zero-order valence-corrected chi connectivity index (χ0v) is 17.4. The maximum atomic E-state index is 14.6. The average Bonchev–Trinajstić information content (AvgIpc) is 2.76. The third-order valence-corrected chi connectivity index (χ3v) is 4.73. The van der Waals surface area contributed by atoms with Crippen molar-refractivity contribution < 1.29 is 23.4 Å². The molecule has 0 aliphatic carbocycles. The van der Waals surface area contributed by atoms with E-state index in [9.17, 15) is 9.18 Å². The molecule has 8 heteroatoms. The summed E-state index contributed by atoms with van der Waals surface area (Å²) in [7, 11) is 4.52. The highest BCUT2D eigenvalue weighted by Gasteiger charge is 2.16. The Kier molecular flexibility index (Phi) is 6.74. The Labute approximate surface area is 178 Å². The van der Waals surface area contributed by atoms with Gasteiger partial charge < -0.3 is 19.5 Å². The van der Waals surface area contributed by atoms with Gasteiger partial charge in [0.15, 0.2) is 11.5 Å². The number of hydrogen-bond acceptors (Lipinski definition) is 5. The van der Waals surface area contributed by atoms with Crippen LogP contribution >= 0.6 is 11.6 Å². The van der Waals surface area contributed by atoms with E-state index in [0.717, 1.165) is 0 Å². The smallest absolute Gasteiger partial charge is 0.254 e. The van der Waals surface area contributed by atoms with Gasteiger partial charge in [-0.3, -0.25) is 9.78 Å². The highest BCUT2D eigenvalue weighted by Crippen LogP contribution is 2.38. The first kappa shape index (κ1) is 21.4. The van der Waals surface area contributed by atoms with Crippen LogP contribution in [0.1, 0.15) is 15.9 Å². The van der Waals surface area contributed by atoms with Crippen molar-refractivity contribution in [1.29, 1.82) is 0 Å². The monoisotopic (exact) mass is 430 g/mol. The molecule has 30 heavy (non-hydrogen) atoms. The van der Waals surface area contributed by atoms with Gasteiger partial charge in [0.25, 0.3) is 5.91 Å². The van der Waals surface area contributed by atoms with Crippen LogP contribution in [0.2, 0.25) is 5.02 Å². The van der Waals surface area contributed by atoms with Gasteiger partial charge >= 0.3 is 0 Å². The molecule has 0 fully saturated rings. The molecule has 0 aliphatic rings. The molecule has 0 unspecified atom stereocenters. The zero-order valence-electron chi connectivity index (χ0n) is 16.7. The molecule has 6 nitrogen and oxygen atoms in total. The second kappa shape index (κ2) is 9.45. The maximum absolute atomic E-state index is 14.6. The molecule has 0 radical (unpaired) electrons. The molecule has 0 aliphatic heterocycles. The van der Waals surface area contributed by atoms with E-state index in [1.807, 2.05) is 0 Å². The molecule has 0 bridgehead atoms. The molecule has 1 amide bonds. The van der Waals surface area contributed by atoms with E-state index in [4.69, 9.17) is 25.8 Å². The van der Waals surface area contributed by atoms with Crippen molar-refractivity contribution in [3.05, 3.63) is 70.6 Å². The molecule has 1 N–H and O–H groups in total. The molecule has 156 valence electrons. The van der Waals surface area contributed by atoms with E-state index in [1.165, 1.54) is 33.5 Å². The number of halogens is 2. The fourth-order valence-corrected chi connectivity index (χ4v) is 3.19. The summed E-state index contributed by atoms with van der Waals surface area (Å²) >= 11 is 6.11. The van der Waals surface area contributed by atoms with Crippen LogP contribution in [0, 0.1) is 5.82 Å². The highest BCUT2D eigenvalue weighted by atomic mass is 35.5. The predicted octanol–water partition coefficient (Wildman–Crippen LogP) is 4.50. The van der Waals surface area contributed by atoms with Crippen LogP contribution in [-0.2, 0) is 6.54 Å². The normalized spacial score (nSPS) is 10.4. The summed E-state index contributed by atoms with van der Waals surface area (Å²) in [5, 5.41) is 3.09. The third-order valence-electron chi connectivity index (χ3n) is 4.42. The van der Waals surface area contributed by atoms with Crippen LogP contribution in [0.25, 0.3) is 11.3 Å². The lowest BCUT2D eigenvalue weighted by Crippen LogP contribution is -2.24. The van der Waals surface area contributed by atoms with Crippen LogP contribution in [0.5, 0.6) is 17.2 Å². The lowest BCUT2D eigenvalue weighted by Gasteiger charge is -2.14. The SMILES string of the molecule is COc1cc(CNC(=O)c2ccc(-c3ncccc3Cl)cc2F)cc(OC)c1OC. The summed E-state index contributed by atoms with van der Waals surface area (Å²) < 4.78 is 30.5. The number of benzene rings is 2. The number of rotatable bonds is 7. The molecule has 3 aromatic rings. The van der Waals surface area contributed by atoms with Gasteiger partial charge in [-0.1, -0.05) is 17.7 Å². The Hall–Kier alpha value is -3.32. The summed E-state index contributed by atoms with van der Waals surface area (Å²) in [5.74, 6) is 0.147. The summed E-state index contributed by atoms with van der Waals surface area (Å²) in [6, 6.07) is 11.0. The number of hydrogen-bond donors (Lipinski definition) is 1. The van der Waals surface area contributed by atoms with E-state index in [1.54, 1.807) is 36.5 Å². The Morgan fingerprint density at radius 1 is 1.07 bits per heavy atom. The first-order valence-corrected chi connectivity index (χ1v) is 9.33. The van der Waals surface area contributed by atoms with Crippen LogP contribution in [0.3, 0.4) is 0 Å². The van der Waals surface area contributed by atoms with Gasteiger partial charge in [0.2, 0.25) is 5.75 Å². The highest BCUT2D eigenvalue weighted by molar-refractivity contribution is 6.33. The lowest BCUT2D eigenvalue weighted by molar-refractivity contribution is 0.0947. The van der Waals surface area contributed by atoms with E-state index < -0.39 is 11.7 Å². The molecule has 2 aromatic carbocycles. The third kappa shape index (κ3) is 4.46. The number of carbonyl (C=O) groups excluding carboxylic acids is 1. The van der Waals surface area contributed by atoms with Gasteiger partial charge in [-0.05, 0) is 42.0 Å². The van der Waals surface area contributed by atoms with Crippen molar-refractivity contribution in [3.63, 3.8) is 0 Å². The summed E-state index contributed by atoms with van der Waals surface area (Å²) in [6.07, 6.45) is 1.57. The molecule has 1 aromatic heterocycles. The van der Waals surface area contributed by atoms with Crippen LogP contribution in [0.4, 0.5) is 4.39 Å². The van der Waals surface area contributed by atoms with E-state index in [0.29, 0.717) is 39.1 Å². The van der Waals surface area contributed by atoms with Gasteiger partial charge in [0, 0.05) is 18.3 Å². The number of aromatic nitrogens is 1. The minimum Gasteiger partial charge on any atom is -0.493 e. The maximum Gasteiger partial charge on any atom is 0.254 e. The summed E-state index contributed by atoms with van der Waals surface area (Å²) in [4.78, 5) is 16.7. The molecule has 0 spiro atoms. The Morgan fingerprint density at radius 2 is 1.77 bits per heavy atom. The minimum absolute atomic E-state index is 0.0850. The topological polar surface area (TPSA) is 69.7 Å². The first-order chi connectivity index (χ1) is 14.5. The van der Waals surface area contributed by atoms with Crippen molar-refractivity contribution in [2.75, 3.05) is 21.3 Å². The Balaban J connectivity index is 1.78.